The number of benzene rings is 2. The van der Waals surface area contributed by atoms with Crippen LogP contribution in [0.1, 0.15) is 30.6 Å². The highest BCUT2D eigenvalue weighted by Gasteiger charge is 2.19. The van der Waals surface area contributed by atoms with Crippen LogP contribution in [0.5, 0.6) is 11.5 Å². The van der Waals surface area contributed by atoms with Crippen molar-refractivity contribution in [3.63, 3.8) is 0 Å². The molecule has 0 aliphatic carbocycles. The Kier molecular flexibility index (Phi) is 7.89. The fraction of sp³-hybridized carbons (Fsp3) is 0.350. The van der Waals surface area contributed by atoms with Gasteiger partial charge in [0.2, 0.25) is 10.0 Å². The van der Waals surface area contributed by atoms with Gasteiger partial charge in [0.15, 0.2) is 11.5 Å². The Morgan fingerprint density at radius 3 is 2.48 bits per heavy atom. The molecular weight excluding hydrogens is 416 g/mol. The summed E-state index contributed by atoms with van der Waals surface area (Å²) >= 11 is 6.30. The lowest BCUT2D eigenvalue weighted by atomic mass is 10.1. The van der Waals surface area contributed by atoms with E-state index in [1.165, 1.54) is 32.3 Å². The summed E-state index contributed by atoms with van der Waals surface area (Å²) < 4.78 is 36.9. The van der Waals surface area contributed by atoms with Crippen molar-refractivity contribution in [2.24, 2.45) is 0 Å². The third-order valence-electron chi connectivity index (χ3n) is 3.89. The van der Waals surface area contributed by atoms with Gasteiger partial charge in [0.05, 0.1) is 23.1 Å². The molecule has 0 unspecified atom stereocenters. The molecule has 0 spiro atoms. The molecule has 0 saturated carbocycles. The van der Waals surface area contributed by atoms with Crippen LogP contribution in [0.25, 0.3) is 0 Å². The number of amides is 1. The van der Waals surface area contributed by atoms with Crippen LogP contribution < -0.4 is 14.8 Å². The third-order valence-corrected chi connectivity index (χ3v) is 5.98. The van der Waals surface area contributed by atoms with Gasteiger partial charge < -0.3 is 14.8 Å². The maximum atomic E-state index is 12.7. The highest BCUT2D eigenvalue weighted by atomic mass is 35.5. The average Bonchev–Trinajstić information content (AvgIpc) is 2.67. The highest BCUT2D eigenvalue weighted by Crippen LogP contribution is 2.37. The Balaban J connectivity index is 2.31. The number of carbonyl (C=O) groups is 1. The van der Waals surface area contributed by atoms with E-state index in [0.717, 1.165) is 10.7 Å². The summed E-state index contributed by atoms with van der Waals surface area (Å²) in [5.74, 6) is 0.322. The normalized spacial score (nSPS) is 11.4. The van der Waals surface area contributed by atoms with Gasteiger partial charge in [-0.25, -0.2) is 12.7 Å². The van der Waals surface area contributed by atoms with Crippen molar-refractivity contribution in [1.29, 1.82) is 0 Å². The molecule has 9 heteroatoms. The fourth-order valence-corrected chi connectivity index (χ4v) is 3.67. The molecule has 7 nitrogen and oxygen atoms in total. The van der Waals surface area contributed by atoms with Gasteiger partial charge in [-0.2, -0.15) is 0 Å². The second kappa shape index (κ2) is 9.96. The smallest absolute Gasteiger partial charge is 0.255 e. The number of hydrogen-bond acceptors (Lipinski definition) is 5. The van der Waals surface area contributed by atoms with Gasteiger partial charge in [0.1, 0.15) is 0 Å². The Morgan fingerprint density at radius 2 is 1.86 bits per heavy atom. The van der Waals surface area contributed by atoms with Gasteiger partial charge in [-0.15, -0.1) is 0 Å². The number of nitrogens with one attached hydrogen (secondary N) is 1. The van der Waals surface area contributed by atoms with E-state index in [4.69, 9.17) is 21.1 Å². The molecule has 1 N–H and O–H groups in total. The number of hydrogen-bond donors (Lipinski definition) is 1. The highest BCUT2D eigenvalue weighted by molar-refractivity contribution is 7.89. The predicted molar refractivity (Wildman–Crippen MR) is 114 cm³/mol. The van der Waals surface area contributed by atoms with Crippen molar-refractivity contribution in [2.75, 3.05) is 32.6 Å². The molecule has 0 radical (unpaired) electrons. The van der Waals surface area contributed by atoms with Crippen LogP contribution in [0.4, 0.5) is 5.69 Å². The molecule has 0 aliphatic rings. The van der Waals surface area contributed by atoms with Crippen molar-refractivity contribution in [2.45, 2.75) is 25.2 Å². The predicted octanol–water partition coefficient (Wildman–Crippen LogP) is 4.03. The topological polar surface area (TPSA) is 84.9 Å². The van der Waals surface area contributed by atoms with E-state index in [1.807, 2.05) is 13.8 Å². The van der Waals surface area contributed by atoms with Crippen LogP contribution in [-0.2, 0) is 10.0 Å². The molecule has 158 valence electrons. The van der Waals surface area contributed by atoms with E-state index in [-0.39, 0.29) is 15.5 Å². The zero-order valence-corrected chi connectivity index (χ0v) is 18.4. The van der Waals surface area contributed by atoms with Crippen molar-refractivity contribution in [1.82, 2.24) is 4.31 Å². The van der Waals surface area contributed by atoms with Gasteiger partial charge in [-0.1, -0.05) is 24.6 Å². The summed E-state index contributed by atoms with van der Waals surface area (Å²) in [7, 11) is -0.722. The lowest BCUT2D eigenvalue weighted by Crippen LogP contribution is -2.22. The van der Waals surface area contributed by atoms with E-state index in [1.54, 1.807) is 18.2 Å². The van der Waals surface area contributed by atoms with Crippen molar-refractivity contribution in [3.05, 3.63) is 47.0 Å². The molecule has 0 aliphatic heterocycles. The lowest BCUT2D eigenvalue weighted by Gasteiger charge is -2.15. The molecule has 0 atom stereocenters. The van der Waals surface area contributed by atoms with Gasteiger partial charge in [0.25, 0.3) is 5.91 Å². The standard InChI is InChI=1S/C20H25ClN2O5S/c1-5-10-28-19-17(21)11-14(12-18(19)27-6-2)20(24)22-15-8-7-9-16(13-15)29(25,26)23(3)4/h7-9,11-13H,5-6,10H2,1-4H3,(H,22,24). The zero-order valence-electron chi connectivity index (χ0n) is 16.9. The Labute approximate surface area is 176 Å². The summed E-state index contributed by atoms with van der Waals surface area (Å²) in [6, 6.07) is 9.08. The number of nitrogens with zero attached hydrogens (tertiary/aromatic N) is 1. The maximum absolute atomic E-state index is 12.7. The van der Waals surface area contributed by atoms with Crippen molar-refractivity contribution < 1.29 is 22.7 Å². The number of carbonyl (C=O) groups excluding carboxylic acids is 1. The van der Waals surface area contributed by atoms with Crippen molar-refractivity contribution >= 4 is 33.2 Å². The zero-order chi connectivity index (χ0) is 21.6. The van der Waals surface area contributed by atoms with E-state index in [2.05, 4.69) is 5.32 Å². The molecule has 0 heterocycles. The molecule has 0 aromatic heterocycles. The average molecular weight is 441 g/mol. The van der Waals surface area contributed by atoms with Gasteiger partial charge in [-0.3, -0.25) is 4.79 Å². The Bertz CT molecular complexity index is 977. The van der Waals surface area contributed by atoms with Crippen LogP contribution in [0.2, 0.25) is 5.02 Å². The van der Waals surface area contributed by atoms with Crippen LogP contribution >= 0.6 is 11.6 Å². The minimum atomic E-state index is -3.61. The van der Waals surface area contributed by atoms with Gasteiger partial charge in [-0.05, 0) is 43.7 Å². The first kappa shape index (κ1) is 23.0. The number of rotatable bonds is 9. The van der Waals surface area contributed by atoms with Crippen LogP contribution in [0.3, 0.4) is 0 Å². The number of anilines is 1. The van der Waals surface area contributed by atoms with Crippen LogP contribution in [0, 0.1) is 0 Å². The molecule has 0 saturated heterocycles. The van der Waals surface area contributed by atoms with Gasteiger partial charge >= 0.3 is 0 Å². The maximum Gasteiger partial charge on any atom is 0.255 e. The summed E-state index contributed by atoms with van der Waals surface area (Å²) in [4.78, 5) is 12.8. The molecule has 1 amide bonds. The van der Waals surface area contributed by atoms with Crippen LogP contribution in [-0.4, -0.2) is 45.9 Å². The van der Waals surface area contributed by atoms with E-state index in [9.17, 15) is 13.2 Å². The first-order chi connectivity index (χ1) is 13.7. The van der Waals surface area contributed by atoms with Crippen LogP contribution in [0.15, 0.2) is 41.3 Å². The second-order valence-electron chi connectivity index (χ2n) is 6.34. The second-order valence-corrected chi connectivity index (χ2v) is 8.90. The summed E-state index contributed by atoms with van der Waals surface area (Å²) in [5.41, 5.74) is 0.612. The molecule has 2 aromatic carbocycles. The third kappa shape index (κ3) is 5.62. The first-order valence-electron chi connectivity index (χ1n) is 9.13. The van der Waals surface area contributed by atoms with Crippen molar-refractivity contribution in [3.8, 4) is 11.5 Å². The Morgan fingerprint density at radius 1 is 1.14 bits per heavy atom. The van der Waals surface area contributed by atoms with E-state index in [0.29, 0.717) is 30.4 Å². The first-order valence-corrected chi connectivity index (χ1v) is 11.0. The SMILES string of the molecule is CCCOc1c(Cl)cc(C(=O)Nc2cccc(S(=O)(=O)N(C)C)c2)cc1OCC. The Hall–Kier alpha value is -2.29. The number of halogens is 1. The summed E-state index contributed by atoms with van der Waals surface area (Å²) in [6.45, 7) is 4.65. The molecule has 2 aromatic rings. The minimum Gasteiger partial charge on any atom is -0.490 e. The molecule has 0 fully saturated rings. The lowest BCUT2D eigenvalue weighted by molar-refractivity contribution is 0.102. The minimum absolute atomic E-state index is 0.0802. The number of ether oxygens (including phenoxy) is 2. The van der Waals surface area contributed by atoms with E-state index < -0.39 is 15.9 Å². The quantitative estimate of drug-likeness (QED) is 0.636. The monoisotopic (exact) mass is 440 g/mol. The van der Waals surface area contributed by atoms with E-state index >= 15 is 0 Å². The molecule has 2 rings (SSSR count). The fourth-order valence-electron chi connectivity index (χ4n) is 2.45. The van der Waals surface area contributed by atoms with Gasteiger partial charge in [0, 0.05) is 25.3 Å². The summed E-state index contributed by atoms with van der Waals surface area (Å²) in [6.07, 6.45) is 0.802. The molecule has 29 heavy (non-hydrogen) atoms. The number of sulfonamides is 1. The summed E-state index contributed by atoms with van der Waals surface area (Å²) in [5, 5.41) is 2.95. The molecular formula is C20H25ClN2O5S. The molecule has 0 bridgehead atoms. The largest absolute Gasteiger partial charge is 0.490 e.